The fourth-order valence-corrected chi connectivity index (χ4v) is 2.10. The second-order valence-corrected chi connectivity index (χ2v) is 5.21. The normalized spacial score (nSPS) is 10.6. The van der Waals surface area contributed by atoms with Gasteiger partial charge in [-0.3, -0.25) is 4.79 Å². The summed E-state index contributed by atoms with van der Waals surface area (Å²) in [7, 11) is 3.72. The van der Waals surface area contributed by atoms with Crippen molar-refractivity contribution in [3.8, 4) is 11.8 Å². The van der Waals surface area contributed by atoms with Gasteiger partial charge in [0.05, 0.1) is 11.3 Å². The highest BCUT2D eigenvalue weighted by molar-refractivity contribution is 5.95. The number of carbonyl (C=O) groups excluding carboxylic acids is 1. The van der Waals surface area contributed by atoms with E-state index in [0.29, 0.717) is 13.1 Å². The molecule has 0 radical (unpaired) electrons. The summed E-state index contributed by atoms with van der Waals surface area (Å²) in [5, 5.41) is 11.8. The van der Waals surface area contributed by atoms with E-state index in [1.54, 1.807) is 0 Å². The van der Waals surface area contributed by atoms with Gasteiger partial charge < -0.3 is 14.8 Å². The average molecular weight is 318 g/mol. The molecule has 1 aromatic carbocycles. The van der Waals surface area contributed by atoms with E-state index in [-0.39, 0.29) is 16.9 Å². The van der Waals surface area contributed by atoms with E-state index in [1.165, 1.54) is 16.8 Å². The molecule has 0 aliphatic rings. The van der Waals surface area contributed by atoms with Gasteiger partial charge in [0.2, 0.25) is 0 Å². The Bertz CT molecular complexity index is 762. The molecule has 0 spiro atoms. The van der Waals surface area contributed by atoms with Crippen LogP contribution in [0.15, 0.2) is 30.5 Å². The Morgan fingerprint density at radius 2 is 2.09 bits per heavy atom. The first-order chi connectivity index (χ1) is 10.9. The maximum absolute atomic E-state index is 14.0. The number of nitriles is 1. The molecule has 0 unspecified atom stereocenters. The van der Waals surface area contributed by atoms with Crippen LogP contribution in [0.25, 0.3) is 5.69 Å². The van der Waals surface area contributed by atoms with Gasteiger partial charge in [-0.15, -0.1) is 0 Å². The van der Waals surface area contributed by atoms with Crippen molar-refractivity contribution in [1.29, 1.82) is 5.26 Å². The number of rotatable bonds is 5. The SMILES string of the molecule is CN(C)CCNC(=O)c1c(C#N)ccn1-c1cc(F)ccc1F. The van der Waals surface area contributed by atoms with E-state index in [4.69, 9.17) is 5.26 Å². The van der Waals surface area contributed by atoms with E-state index in [9.17, 15) is 13.6 Å². The highest BCUT2D eigenvalue weighted by atomic mass is 19.1. The summed E-state index contributed by atoms with van der Waals surface area (Å²) >= 11 is 0. The molecule has 1 amide bonds. The number of amides is 1. The number of aromatic nitrogens is 1. The molecule has 23 heavy (non-hydrogen) atoms. The fourth-order valence-electron chi connectivity index (χ4n) is 2.10. The maximum atomic E-state index is 14.0. The molecule has 120 valence electrons. The Hall–Kier alpha value is -2.72. The van der Waals surface area contributed by atoms with Crippen LogP contribution in [0.4, 0.5) is 8.78 Å². The molecule has 0 aliphatic heterocycles. The van der Waals surface area contributed by atoms with Crippen molar-refractivity contribution < 1.29 is 13.6 Å². The smallest absolute Gasteiger partial charge is 0.269 e. The number of nitrogens with one attached hydrogen (secondary N) is 1. The third-order valence-electron chi connectivity index (χ3n) is 3.23. The molecule has 0 saturated carbocycles. The quantitative estimate of drug-likeness (QED) is 0.916. The Morgan fingerprint density at radius 1 is 1.35 bits per heavy atom. The molecule has 7 heteroatoms. The first kappa shape index (κ1) is 16.6. The third kappa shape index (κ3) is 3.73. The van der Waals surface area contributed by atoms with Crippen LogP contribution in [0.1, 0.15) is 16.1 Å². The predicted molar refractivity (Wildman–Crippen MR) is 81.3 cm³/mol. The highest BCUT2D eigenvalue weighted by Crippen LogP contribution is 2.20. The summed E-state index contributed by atoms with van der Waals surface area (Å²) in [6.07, 6.45) is 1.37. The van der Waals surface area contributed by atoms with Crippen molar-refractivity contribution in [1.82, 2.24) is 14.8 Å². The first-order valence-corrected chi connectivity index (χ1v) is 6.94. The van der Waals surface area contributed by atoms with Crippen LogP contribution in [-0.4, -0.2) is 42.6 Å². The first-order valence-electron chi connectivity index (χ1n) is 6.94. The lowest BCUT2D eigenvalue weighted by atomic mass is 10.2. The lowest BCUT2D eigenvalue weighted by Crippen LogP contribution is -2.32. The summed E-state index contributed by atoms with van der Waals surface area (Å²) in [6, 6.07) is 6.23. The van der Waals surface area contributed by atoms with Gasteiger partial charge in [0, 0.05) is 25.4 Å². The van der Waals surface area contributed by atoms with Gasteiger partial charge in [-0.25, -0.2) is 8.78 Å². The molecule has 2 rings (SSSR count). The van der Waals surface area contributed by atoms with Crippen molar-refractivity contribution in [2.75, 3.05) is 27.2 Å². The zero-order valence-electron chi connectivity index (χ0n) is 12.8. The molecular formula is C16H16F2N4O. The third-order valence-corrected chi connectivity index (χ3v) is 3.23. The van der Waals surface area contributed by atoms with E-state index in [1.807, 2.05) is 25.1 Å². The van der Waals surface area contributed by atoms with E-state index >= 15 is 0 Å². The second kappa shape index (κ2) is 7.03. The molecule has 0 saturated heterocycles. The number of hydrogen-bond donors (Lipinski definition) is 1. The predicted octanol–water partition coefficient (Wildman–Crippen LogP) is 1.92. The van der Waals surface area contributed by atoms with Crippen molar-refractivity contribution in [3.63, 3.8) is 0 Å². The zero-order chi connectivity index (χ0) is 17.0. The van der Waals surface area contributed by atoms with E-state index in [0.717, 1.165) is 18.2 Å². The van der Waals surface area contributed by atoms with Crippen LogP contribution >= 0.6 is 0 Å². The van der Waals surface area contributed by atoms with Crippen LogP contribution in [0.3, 0.4) is 0 Å². The van der Waals surface area contributed by atoms with Gasteiger partial charge in [-0.2, -0.15) is 5.26 Å². The molecule has 5 nitrogen and oxygen atoms in total. The van der Waals surface area contributed by atoms with Crippen LogP contribution in [0.2, 0.25) is 0 Å². The highest BCUT2D eigenvalue weighted by Gasteiger charge is 2.20. The Labute approximate surface area is 132 Å². The van der Waals surface area contributed by atoms with Gasteiger partial charge >= 0.3 is 0 Å². The Kier molecular flexibility index (Phi) is 5.09. The summed E-state index contributed by atoms with van der Waals surface area (Å²) in [5.74, 6) is -1.83. The van der Waals surface area contributed by atoms with Crippen LogP contribution in [-0.2, 0) is 0 Å². The largest absolute Gasteiger partial charge is 0.349 e. The van der Waals surface area contributed by atoms with Gasteiger partial charge in [-0.05, 0) is 32.3 Å². The van der Waals surface area contributed by atoms with Crippen LogP contribution < -0.4 is 5.32 Å². The molecule has 1 aromatic heterocycles. The molecule has 0 atom stereocenters. The topological polar surface area (TPSA) is 61.1 Å². The lowest BCUT2D eigenvalue weighted by Gasteiger charge is -2.13. The standard InChI is InChI=1S/C16H16F2N4O/c1-21(2)8-6-20-16(23)15-11(10-19)5-7-22(15)14-9-12(17)3-4-13(14)18/h3-5,7,9H,6,8H2,1-2H3,(H,20,23). The van der Waals surface area contributed by atoms with Gasteiger partial charge in [0.1, 0.15) is 23.4 Å². The number of benzene rings is 1. The Morgan fingerprint density at radius 3 is 2.74 bits per heavy atom. The molecule has 0 fully saturated rings. The maximum Gasteiger partial charge on any atom is 0.269 e. The molecule has 2 aromatic rings. The lowest BCUT2D eigenvalue weighted by molar-refractivity contribution is 0.0944. The summed E-state index contributed by atoms with van der Waals surface area (Å²) < 4.78 is 28.5. The zero-order valence-corrected chi connectivity index (χ0v) is 12.8. The molecular weight excluding hydrogens is 302 g/mol. The minimum absolute atomic E-state index is 0.0178. The number of halogens is 2. The minimum atomic E-state index is -0.686. The average Bonchev–Trinajstić information content (AvgIpc) is 2.93. The van der Waals surface area contributed by atoms with Crippen molar-refractivity contribution in [3.05, 3.63) is 53.4 Å². The van der Waals surface area contributed by atoms with Crippen molar-refractivity contribution >= 4 is 5.91 Å². The van der Waals surface area contributed by atoms with E-state index < -0.39 is 17.5 Å². The molecule has 0 bridgehead atoms. The monoisotopic (exact) mass is 318 g/mol. The molecule has 0 aliphatic carbocycles. The van der Waals surface area contributed by atoms with Gasteiger partial charge in [0.25, 0.3) is 5.91 Å². The summed E-state index contributed by atoms with van der Waals surface area (Å²) in [5.41, 5.74) is -0.0453. The molecule has 1 N–H and O–H groups in total. The van der Waals surface area contributed by atoms with Crippen molar-refractivity contribution in [2.45, 2.75) is 0 Å². The van der Waals surface area contributed by atoms with Crippen LogP contribution in [0.5, 0.6) is 0 Å². The van der Waals surface area contributed by atoms with Gasteiger partial charge in [-0.1, -0.05) is 0 Å². The Balaban J connectivity index is 2.39. The number of carbonyl (C=O) groups is 1. The summed E-state index contributed by atoms with van der Waals surface area (Å²) in [4.78, 5) is 14.2. The number of likely N-dealkylation sites (N-methyl/N-ethyl adjacent to an activating group) is 1. The fraction of sp³-hybridized carbons (Fsp3) is 0.250. The summed E-state index contributed by atoms with van der Waals surface area (Å²) in [6.45, 7) is 0.982. The number of nitrogens with zero attached hydrogens (tertiary/aromatic N) is 3. The van der Waals surface area contributed by atoms with E-state index in [2.05, 4.69) is 5.32 Å². The van der Waals surface area contributed by atoms with Crippen LogP contribution in [0, 0.1) is 23.0 Å². The van der Waals surface area contributed by atoms with Crippen molar-refractivity contribution in [2.24, 2.45) is 0 Å². The van der Waals surface area contributed by atoms with Gasteiger partial charge in [0.15, 0.2) is 0 Å². The second-order valence-electron chi connectivity index (χ2n) is 5.21. The minimum Gasteiger partial charge on any atom is -0.349 e. The number of hydrogen-bond acceptors (Lipinski definition) is 3. The molecule has 1 heterocycles.